The summed E-state index contributed by atoms with van der Waals surface area (Å²) in [5.41, 5.74) is 6.66. The van der Waals surface area contributed by atoms with Gasteiger partial charge in [0.1, 0.15) is 0 Å². The van der Waals surface area contributed by atoms with Gasteiger partial charge in [0, 0.05) is 18.8 Å². The number of nitrogen functional groups attached to an aromatic ring is 1. The maximum absolute atomic E-state index is 12.1. The highest BCUT2D eigenvalue weighted by atomic mass is 32.2. The number of anilines is 1. The Labute approximate surface area is 123 Å². The summed E-state index contributed by atoms with van der Waals surface area (Å²) in [5.74, 6) is -0.325. The summed E-state index contributed by atoms with van der Waals surface area (Å²) in [6, 6.07) is 11.1. The van der Waals surface area contributed by atoms with Crippen LogP contribution in [0.3, 0.4) is 0 Å². The number of fused-ring (bicyclic) bond motifs is 1. The van der Waals surface area contributed by atoms with Crippen LogP contribution >= 0.6 is 0 Å². The van der Waals surface area contributed by atoms with Gasteiger partial charge in [0.05, 0.1) is 11.8 Å². The molecule has 0 heterocycles. The maximum Gasteiger partial charge on any atom is 0.253 e. The molecule has 0 radical (unpaired) electrons. The van der Waals surface area contributed by atoms with Crippen molar-refractivity contribution in [2.75, 3.05) is 25.1 Å². The zero-order valence-electron chi connectivity index (χ0n) is 11.6. The van der Waals surface area contributed by atoms with E-state index in [2.05, 4.69) is 10.0 Å². The summed E-state index contributed by atoms with van der Waals surface area (Å²) in [6.45, 7) is 0.330. The first-order valence-electron chi connectivity index (χ1n) is 6.38. The Morgan fingerprint density at radius 3 is 2.38 bits per heavy atom. The van der Waals surface area contributed by atoms with Gasteiger partial charge >= 0.3 is 0 Å². The van der Waals surface area contributed by atoms with Crippen LogP contribution in [0.5, 0.6) is 0 Å². The minimum atomic E-state index is -3.25. The molecule has 0 aromatic heterocycles. The zero-order valence-corrected chi connectivity index (χ0v) is 12.4. The average molecular weight is 307 g/mol. The van der Waals surface area contributed by atoms with E-state index in [1.165, 1.54) is 0 Å². The second kappa shape index (κ2) is 6.11. The molecule has 0 spiro atoms. The van der Waals surface area contributed by atoms with Gasteiger partial charge in [-0.25, -0.2) is 13.1 Å². The average Bonchev–Trinajstić information content (AvgIpc) is 2.41. The summed E-state index contributed by atoms with van der Waals surface area (Å²) >= 11 is 0. The molecule has 0 saturated carbocycles. The number of sulfonamides is 1. The van der Waals surface area contributed by atoms with Gasteiger partial charge in [0.15, 0.2) is 0 Å². The summed E-state index contributed by atoms with van der Waals surface area (Å²) in [6.07, 6.45) is 1.07. The lowest BCUT2D eigenvalue weighted by atomic mass is 10.0. The molecule has 0 atom stereocenters. The summed E-state index contributed by atoms with van der Waals surface area (Å²) < 4.78 is 24.1. The fourth-order valence-electron chi connectivity index (χ4n) is 1.96. The van der Waals surface area contributed by atoms with E-state index in [-0.39, 0.29) is 19.0 Å². The predicted octanol–water partition coefficient (Wildman–Crippen LogP) is 0.701. The number of rotatable bonds is 5. The molecule has 0 aliphatic heterocycles. The van der Waals surface area contributed by atoms with Crippen molar-refractivity contribution in [3.8, 4) is 0 Å². The van der Waals surface area contributed by atoms with Crippen LogP contribution in [0.25, 0.3) is 10.8 Å². The highest BCUT2D eigenvalue weighted by Crippen LogP contribution is 2.21. The first-order valence-corrected chi connectivity index (χ1v) is 8.27. The van der Waals surface area contributed by atoms with Crippen LogP contribution < -0.4 is 15.8 Å². The second-order valence-corrected chi connectivity index (χ2v) is 6.54. The molecule has 4 N–H and O–H groups in total. The second-order valence-electron chi connectivity index (χ2n) is 4.71. The van der Waals surface area contributed by atoms with Crippen molar-refractivity contribution in [1.82, 2.24) is 10.0 Å². The van der Waals surface area contributed by atoms with Gasteiger partial charge in [-0.05, 0) is 22.9 Å². The van der Waals surface area contributed by atoms with Crippen LogP contribution in [0.2, 0.25) is 0 Å². The molecule has 0 bridgehead atoms. The van der Waals surface area contributed by atoms with Crippen LogP contribution in [0.15, 0.2) is 36.4 Å². The largest absolute Gasteiger partial charge is 0.398 e. The molecule has 112 valence electrons. The molecule has 0 aliphatic rings. The predicted molar refractivity (Wildman–Crippen MR) is 83.5 cm³/mol. The van der Waals surface area contributed by atoms with E-state index < -0.39 is 10.0 Å². The standard InChI is InChI=1S/C14H17N3O3S/c1-21(19,20)17-7-6-16-14(18)12-8-10-4-2-3-5-11(10)9-13(12)15/h2-5,8-9,17H,6-7,15H2,1H3,(H,16,18). The molecular weight excluding hydrogens is 290 g/mol. The molecule has 21 heavy (non-hydrogen) atoms. The zero-order chi connectivity index (χ0) is 15.5. The van der Waals surface area contributed by atoms with Gasteiger partial charge in [0.2, 0.25) is 10.0 Å². The summed E-state index contributed by atoms with van der Waals surface area (Å²) in [4.78, 5) is 12.1. The number of carbonyl (C=O) groups is 1. The summed E-state index contributed by atoms with van der Waals surface area (Å²) in [5, 5.41) is 4.52. The van der Waals surface area contributed by atoms with Gasteiger partial charge < -0.3 is 11.1 Å². The Balaban J connectivity index is 2.07. The van der Waals surface area contributed by atoms with Crippen molar-refractivity contribution in [3.63, 3.8) is 0 Å². The first-order chi connectivity index (χ1) is 9.87. The van der Waals surface area contributed by atoms with E-state index in [9.17, 15) is 13.2 Å². The normalized spacial score (nSPS) is 11.5. The molecule has 0 fully saturated rings. The Kier molecular flexibility index (Phi) is 4.44. The highest BCUT2D eigenvalue weighted by Gasteiger charge is 2.10. The van der Waals surface area contributed by atoms with E-state index >= 15 is 0 Å². The maximum atomic E-state index is 12.1. The van der Waals surface area contributed by atoms with Crippen LogP contribution in [0.4, 0.5) is 5.69 Å². The van der Waals surface area contributed by atoms with Gasteiger partial charge in [-0.2, -0.15) is 0 Å². The molecule has 0 aliphatic carbocycles. The monoisotopic (exact) mass is 307 g/mol. The quantitative estimate of drug-likeness (QED) is 0.559. The molecule has 1 amide bonds. The van der Waals surface area contributed by atoms with Crippen molar-refractivity contribution < 1.29 is 13.2 Å². The summed E-state index contributed by atoms with van der Waals surface area (Å²) in [7, 11) is -3.25. The third-order valence-corrected chi connectivity index (χ3v) is 3.67. The topological polar surface area (TPSA) is 101 Å². The van der Waals surface area contributed by atoms with Gasteiger partial charge in [-0.3, -0.25) is 4.79 Å². The Hall–Kier alpha value is -2.12. The van der Waals surface area contributed by atoms with Gasteiger partial charge in [-0.15, -0.1) is 0 Å². The number of nitrogens with one attached hydrogen (secondary N) is 2. The van der Waals surface area contributed by atoms with E-state index in [0.717, 1.165) is 17.0 Å². The molecule has 2 aromatic carbocycles. The van der Waals surface area contributed by atoms with Crippen LogP contribution in [-0.4, -0.2) is 33.7 Å². The lowest BCUT2D eigenvalue weighted by Gasteiger charge is -2.09. The third-order valence-electron chi connectivity index (χ3n) is 2.94. The Bertz CT molecular complexity index is 772. The Morgan fingerprint density at radius 1 is 1.14 bits per heavy atom. The molecular formula is C14H17N3O3S. The van der Waals surface area contributed by atoms with E-state index in [1.54, 1.807) is 12.1 Å². The van der Waals surface area contributed by atoms with Crippen molar-refractivity contribution >= 4 is 32.4 Å². The van der Waals surface area contributed by atoms with Crippen LogP contribution in [0.1, 0.15) is 10.4 Å². The highest BCUT2D eigenvalue weighted by molar-refractivity contribution is 7.88. The van der Waals surface area contributed by atoms with Crippen molar-refractivity contribution in [3.05, 3.63) is 42.0 Å². The van der Waals surface area contributed by atoms with Crippen molar-refractivity contribution in [2.24, 2.45) is 0 Å². The molecule has 6 nitrogen and oxygen atoms in total. The van der Waals surface area contributed by atoms with E-state index in [4.69, 9.17) is 5.73 Å². The lowest BCUT2D eigenvalue weighted by molar-refractivity contribution is 0.0955. The minimum absolute atomic E-state index is 0.137. The van der Waals surface area contributed by atoms with E-state index in [1.807, 2.05) is 24.3 Å². The van der Waals surface area contributed by atoms with Gasteiger partial charge in [0.25, 0.3) is 5.91 Å². The number of nitrogens with two attached hydrogens (primary N) is 1. The molecule has 0 saturated heterocycles. The Morgan fingerprint density at radius 2 is 1.76 bits per heavy atom. The number of amides is 1. The number of benzene rings is 2. The molecule has 0 unspecified atom stereocenters. The molecule has 2 rings (SSSR count). The fraction of sp³-hybridized carbons (Fsp3) is 0.214. The van der Waals surface area contributed by atoms with E-state index in [0.29, 0.717) is 11.3 Å². The fourth-order valence-corrected chi connectivity index (χ4v) is 2.44. The minimum Gasteiger partial charge on any atom is -0.398 e. The first kappa shape index (κ1) is 15.3. The van der Waals surface area contributed by atoms with Crippen molar-refractivity contribution in [2.45, 2.75) is 0 Å². The number of hydrogen-bond donors (Lipinski definition) is 3. The number of hydrogen-bond acceptors (Lipinski definition) is 4. The number of carbonyl (C=O) groups excluding carboxylic acids is 1. The van der Waals surface area contributed by atoms with Gasteiger partial charge in [-0.1, -0.05) is 24.3 Å². The molecule has 7 heteroatoms. The van der Waals surface area contributed by atoms with Crippen LogP contribution in [0, 0.1) is 0 Å². The third kappa shape index (κ3) is 4.17. The SMILES string of the molecule is CS(=O)(=O)NCCNC(=O)c1cc2ccccc2cc1N. The van der Waals surface area contributed by atoms with Crippen LogP contribution in [-0.2, 0) is 10.0 Å². The molecule has 2 aromatic rings. The van der Waals surface area contributed by atoms with Crippen molar-refractivity contribution in [1.29, 1.82) is 0 Å². The lowest BCUT2D eigenvalue weighted by Crippen LogP contribution is -2.34. The smallest absolute Gasteiger partial charge is 0.253 e.